The first-order valence-corrected chi connectivity index (χ1v) is 10.7. The van der Waals surface area contributed by atoms with Crippen molar-refractivity contribution in [3.8, 4) is 6.07 Å². The highest BCUT2D eigenvalue weighted by molar-refractivity contribution is 7.89. The number of nitrogens with one attached hydrogen (secondary N) is 1. The Hall–Kier alpha value is -2.69. The molecule has 1 aliphatic heterocycles. The number of carbonyl (C=O) groups is 1. The van der Waals surface area contributed by atoms with E-state index in [0.29, 0.717) is 41.7 Å². The molecule has 0 aromatic heterocycles. The minimum Gasteiger partial charge on any atom is -0.322 e. The molecule has 1 N–H and O–H groups in total. The van der Waals surface area contributed by atoms with Crippen LogP contribution in [0.15, 0.2) is 53.4 Å². The largest absolute Gasteiger partial charge is 0.322 e. The predicted octanol–water partition coefficient (Wildman–Crippen LogP) is 3.48. The maximum Gasteiger partial charge on any atom is 0.255 e. The van der Waals surface area contributed by atoms with Gasteiger partial charge in [-0.05, 0) is 60.7 Å². The number of amides is 1. The summed E-state index contributed by atoms with van der Waals surface area (Å²) in [7, 11) is -3.55. The van der Waals surface area contributed by atoms with Crippen molar-refractivity contribution in [3.63, 3.8) is 0 Å². The van der Waals surface area contributed by atoms with Crippen LogP contribution in [-0.4, -0.2) is 31.7 Å². The van der Waals surface area contributed by atoms with E-state index in [4.69, 9.17) is 5.26 Å². The van der Waals surface area contributed by atoms with E-state index in [1.54, 1.807) is 34.6 Å². The topological polar surface area (TPSA) is 90.3 Å². The lowest BCUT2D eigenvalue weighted by Gasteiger charge is -2.34. The van der Waals surface area contributed by atoms with Gasteiger partial charge in [0.2, 0.25) is 10.0 Å². The Kier molecular flexibility index (Phi) is 5.82. The normalized spacial score (nSPS) is 20.3. The lowest BCUT2D eigenvalue weighted by atomic mass is 9.94. The second kappa shape index (κ2) is 8.13. The molecule has 28 heavy (non-hydrogen) atoms. The summed E-state index contributed by atoms with van der Waals surface area (Å²) in [5.74, 6) is 0.314. The number of sulfonamides is 1. The van der Waals surface area contributed by atoms with Gasteiger partial charge in [0, 0.05) is 24.3 Å². The van der Waals surface area contributed by atoms with E-state index >= 15 is 0 Å². The summed E-state index contributed by atoms with van der Waals surface area (Å²) in [6.45, 7) is 5.19. The third-order valence-corrected chi connectivity index (χ3v) is 6.69. The van der Waals surface area contributed by atoms with E-state index in [-0.39, 0.29) is 10.8 Å². The van der Waals surface area contributed by atoms with Crippen LogP contribution in [0, 0.1) is 23.2 Å². The van der Waals surface area contributed by atoms with Gasteiger partial charge < -0.3 is 5.32 Å². The van der Waals surface area contributed by atoms with Crippen molar-refractivity contribution in [2.75, 3.05) is 18.4 Å². The molecule has 0 saturated carbocycles. The summed E-state index contributed by atoms with van der Waals surface area (Å²) in [5.41, 5.74) is 1.26. The van der Waals surface area contributed by atoms with E-state index in [1.807, 2.05) is 6.07 Å². The van der Waals surface area contributed by atoms with Crippen LogP contribution in [-0.2, 0) is 10.0 Å². The lowest BCUT2D eigenvalue weighted by molar-refractivity contribution is 0.102. The van der Waals surface area contributed by atoms with E-state index in [1.165, 1.54) is 18.2 Å². The Balaban J connectivity index is 1.74. The molecular formula is C21H23N3O3S. The number of benzene rings is 2. The van der Waals surface area contributed by atoms with Gasteiger partial charge in [-0.3, -0.25) is 4.79 Å². The molecule has 2 atom stereocenters. The zero-order valence-corrected chi connectivity index (χ0v) is 16.7. The molecule has 1 amide bonds. The Morgan fingerprint density at radius 2 is 1.75 bits per heavy atom. The van der Waals surface area contributed by atoms with E-state index in [2.05, 4.69) is 19.2 Å². The first-order valence-electron chi connectivity index (χ1n) is 9.21. The van der Waals surface area contributed by atoms with Crippen LogP contribution >= 0.6 is 0 Å². The van der Waals surface area contributed by atoms with Gasteiger partial charge in [-0.2, -0.15) is 9.57 Å². The van der Waals surface area contributed by atoms with Crippen LogP contribution in [0.3, 0.4) is 0 Å². The van der Waals surface area contributed by atoms with Crippen LogP contribution in [0.1, 0.15) is 36.2 Å². The lowest BCUT2D eigenvalue weighted by Crippen LogP contribution is -2.42. The monoisotopic (exact) mass is 397 g/mol. The fraction of sp³-hybridized carbons (Fsp3) is 0.333. The van der Waals surface area contributed by atoms with Gasteiger partial charge in [-0.1, -0.05) is 19.9 Å². The van der Waals surface area contributed by atoms with Crippen molar-refractivity contribution >= 4 is 21.6 Å². The average molecular weight is 398 g/mol. The van der Waals surface area contributed by atoms with E-state index in [0.717, 1.165) is 6.42 Å². The molecule has 6 nitrogen and oxygen atoms in total. The van der Waals surface area contributed by atoms with E-state index in [9.17, 15) is 13.2 Å². The minimum atomic E-state index is -3.55. The second-order valence-corrected chi connectivity index (χ2v) is 9.38. The summed E-state index contributed by atoms with van der Waals surface area (Å²) in [6, 6.07) is 14.6. The molecule has 1 saturated heterocycles. The highest BCUT2D eigenvalue weighted by atomic mass is 32.2. The number of piperidine rings is 1. The van der Waals surface area contributed by atoms with Crippen molar-refractivity contribution in [2.45, 2.75) is 25.2 Å². The Morgan fingerprint density at radius 3 is 2.36 bits per heavy atom. The van der Waals surface area contributed by atoms with Crippen LogP contribution in [0.5, 0.6) is 0 Å². The SMILES string of the molecule is C[C@@H]1C[C@H](C)CN(S(=O)(=O)c2ccc(NC(=O)c3cccc(C#N)c3)cc2)C1. The van der Waals surface area contributed by atoms with Crippen molar-refractivity contribution in [2.24, 2.45) is 11.8 Å². The molecule has 3 rings (SSSR count). The fourth-order valence-corrected chi connectivity index (χ4v) is 5.27. The van der Waals surface area contributed by atoms with Crippen molar-refractivity contribution < 1.29 is 13.2 Å². The van der Waals surface area contributed by atoms with Gasteiger partial charge in [0.1, 0.15) is 0 Å². The van der Waals surface area contributed by atoms with Gasteiger partial charge in [0.05, 0.1) is 16.5 Å². The molecule has 0 unspecified atom stereocenters. The summed E-state index contributed by atoms with van der Waals surface area (Å²) in [5, 5.41) is 11.7. The standard InChI is InChI=1S/C21H23N3O3S/c1-15-10-16(2)14-24(13-15)28(26,27)20-8-6-19(7-9-20)23-21(25)18-5-3-4-17(11-18)12-22/h3-9,11,15-16H,10,13-14H2,1-2H3,(H,23,25)/t15-,16+. The summed E-state index contributed by atoms with van der Waals surface area (Å²) in [6.07, 6.45) is 1.03. The maximum atomic E-state index is 12.9. The molecule has 146 valence electrons. The Labute approximate surface area is 165 Å². The summed E-state index contributed by atoms with van der Waals surface area (Å²) >= 11 is 0. The molecule has 1 fully saturated rings. The number of hydrogen-bond donors (Lipinski definition) is 1. The van der Waals surface area contributed by atoms with Gasteiger partial charge in [-0.15, -0.1) is 0 Å². The molecular weight excluding hydrogens is 374 g/mol. The molecule has 1 aliphatic rings. The fourth-order valence-electron chi connectivity index (χ4n) is 3.59. The highest BCUT2D eigenvalue weighted by Gasteiger charge is 2.31. The first kappa shape index (κ1) is 20.1. The van der Waals surface area contributed by atoms with Crippen molar-refractivity contribution in [1.29, 1.82) is 5.26 Å². The quantitative estimate of drug-likeness (QED) is 0.855. The Morgan fingerprint density at radius 1 is 1.11 bits per heavy atom. The maximum absolute atomic E-state index is 12.9. The second-order valence-electron chi connectivity index (χ2n) is 7.44. The summed E-state index contributed by atoms with van der Waals surface area (Å²) in [4.78, 5) is 12.6. The average Bonchev–Trinajstić information content (AvgIpc) is 2.67. The molecule has 7 heteroatoms. The first-order chi connectivity index (χ1) is 13.3. The van der Waals surface area contributed by atoms with E-state index < -0.39 is 10.0 Å². The third-order valence-electron chi connectivity index (χ3n) is 4.84. The highest BCUT2D eigenvalue weighted by Crippen LogP contribution is 2.27. The Bertz CT molecular complexity index is 1000. The van der Waals surface area contributed by atoms with Gasteiger partial charge in [0.25, 0.3) is 5.91 Å². The number of nitrogens with zero attached hydrogens (tertiary/aromatic N) is 2. The number of nitriles is 1. The molecule has 0 bridgehead atoms. The van der Waals surface area contributed by atoms with Crippen LogP contribution in [0.4, 0.5) is 5.69 Å². The van der Waals surface area contributed by atoms with Gasteiger partial charge >= 0.3 is 0 Å². The molecule has 2 aromatic rings. The molecule has 0 spiro atoms. The van der Waals surface area contributed by atoms with Crippen molar-refractivity contribution in [3.05, 3.63) is 59.7 Å². The molecule has 1 heterocycles. The molecule has 0 aliphatic carbocycles. The number of carbonyl (C=O) groups excluding carboxylic acids is 1. The summed E-state index contributed by atoms with van der Waals surface area (Å²) < 4.78 is 27.4. The number of rotatable bonds is 4. The number of hydrogen-bond acceptors (Lipinski definition) is 4. The zero-order valence-electron chi connectivity index (χ0n) is 15.9. The molecule has 2 aromatic carbocycles. The van der Waals surface area contributed by atoms with Crippen LogP contribution in [0.2, 0.25) is 0 Å². The van der Waals surface area contributed by atoms with Crippen molar-refractivity contribution in [1.82, 2.24) is 4.31 Å². The molecule has 0 radical (unpaired) electrons. The number of anilines is 1. The minimum absolute atomic E-state index is 0.221. The zero-order chi connectivity index (χ0) is 20.3. The third kappa shape index (κ3) is 4.41. The predicted molar refractivity (Wildman–Crippen MR) is 107 cm³/mol. The van der Waals surface area contributed by atoms with Gasteiger partial charge in [0.15, 0.2) is 0 Å². The smallest absolute Gasteiger partial charge is 0.255 e. The van der Waals surface area contributed by atoms with Crippen LogP contribution in [0.25, 0.3) is 0 Å². The van der Waals surface area contributed by atoms with Crippen LogP contribution < -0.4 is 5.32 Å². The van der Waals surface area contributed by atoms with Gasteiger partial charge in [-0.25, -0.2) is 8.42 Å².